The summed E-state index contributed by atoms with van der Waals surface area (Å²) in [6, 6.07) is 27.0. The molecule has 4 amide bonds. The van der Waals surface area contributed by atoms with E-state index >= 15 is 0 Å². The number of methoxy groups -OCH3 is 1. The minimum absolute atomic E-state index is 0.0286. The number of halogens is 3. The highest BCUT2D eigenvalue weighted by Gasteiger charge is 2.48. The van der Waals surface area contributed by atoms with Gasteiger partial charge in [-0.1, -0.05) is 73.3 Å². The van der Waals surface area contributed by atoms with Crippen LogP contribution < -0.4 is 30.8 Å². The minimum Gasteiger partial charge on any atom is -0.508 e. The number of carbonyl (C=O) groups is 12. The van der Waals surface area contributed by atoms with E-state index in [1.807, 2.05) is 0 Å². The number of carboxylic acids is 2. The SMILES string of the molecule is C=CCOC(=O)c1ccc(CC(NC)C(=O)O)cc1.CC(=O)C(Cc1ccc(C(=O)O)cc1)NC(=O)OC(C)(C)C.CC(=O)C(Cc1ccc(O)cc1)NC(=O)OC(C)(C)C.CC(=O)C(Cc1ccc(OS(=O)(=O)C(F)(F)F)cc1)NC(=O)OC(C)(C)C.COC(=O)c1ccc(CC(NC(=O)OC(C)(C)C)C(C)=O)cc1. The normalized spacial score (nSPS) is 12.5. The second kappa shape index (κ2) is 45.1. The first kappa shape index (κ1) is 97.8. The van der Waals surface area contributed by atoms with Gasteiger partial charge in [0.1, 0.15) is 46.6 Å². The third-order valence-electron chi connectivity index (χ3n) is 14.0. The molecule has 0 heterocycles. The average Bonchev–Trinajstić information content (AvgIpc) is 0.824. The van der Waals surface area contributed by atoms with Gasteiger partial charge in [0.15, 0.2) is 23.1 Å². The maximum Gasteiger partial charge on any atom is 0.534 e. The number of aromatic hydroxyl groups is 1. The molecule has 5 aromatic carbocycles. The van der Waals surface area contributed by atoms with Crippen LogP contribution in [0.1, 0.15) is 170 Å². The molecule has 0 bridgehead atoms. The summed E-state index contributed by atoms with van der Waals surface area (Å²) in [6.07, 6.45) is 0.124. The number of Topliss-reactive ketones (excluding diaryl/α,β-unsaturated/α-hetero) is 4. The number of rotatable bonds is 27. The lowest BCUT2D eigenvalue weighted by Gasteiger charge is -2.22. The summed E-state index contributed by atoms with van der Waals surface area (Å²) in [5.41, 5.74) is -3.44. The molecule has 0 radical (unpaired) electrons. The molecular weight excluding hydrogens is 1480 g/mol. The Bertz CT molecular complexity index is 4050. The number of esters is 2. The van der Waals surface area contributed by atoms with Crippen molar-refractivity contribution in [3.8, 4) is 11.5 Å². The molecule has 0 aliphatic heterocycles. The monoisotopic (exact) mass is 1580 g/mol. The first-order chi connectivity index (χ1) is 51.1. The third kappa shape index (κ3) is 41.8. The average molecular weight is 1580 g/mol. The molecule has 610 valence electrons. The summed E-state index contributed by atoms with van der Waals surface area (Å²) in [7, 11) is -2.85. The Kier molecular flexibility index (Phi) is 39.7. The van der Waals surface area contributed by atoms with Crippen LogP contribution in [0, 0.1) is 0 Å². The quantitative estimate of drug-likeness (QED) is 0.00796. The molecule has 8 N–H and O–H groups in total. The molecule has 33 heteroatoms. The van der Waals surface area contributed by atoms with Crippen molar-refractivity contribution in [2.24, 2.45) is 0 Å². The van der Waals surface area contributed by atoms with E-state index in [0.29, 0.717) is 36.0 Å². The van der Waals surface area contributed by atoms with Gasteiger partial charge in [-0.3, -0.25) is 24.0 Å². The number of aliphatic carboxylic acids is 1. The van der Waals surface area contributed by atoms with E-state index in [1.165, 1.54) is 65.1 Å². The van der Waals surface area contributed by atoms with Crippen molar-refractivity contribution in [3.05, 3.63) is 178 Å². The lowest BCUT2D eigenvalue weighted by Crippen LogP contribution is -2.43. The third-order valence-corrected chi connectivity index (χ3v) is 15.0. The van der Waals surface area contributed by atoms with Gasteiger partial charge in [0.2, 0.25) is 0 Å². The highest BCUT2D eigenvalue weighted by molar-refractivity contribution is 7.88. The number of hydrogen-bond donors (Lipinski definition) is 8. The van der Waals surface area contributed by atoms with Crippen LogP contribution in [0.4, 0.5) is 32.3 Å². The molecule has 5 rings (SSSR count). The molecule has 5 aromatic rings. The lowest BCUT2D eigenvalue weighted by molar-refractivity contribution is -0.139. The van der Waals surface area contributed by atoms with Crippen LogP contribution in [-0.4, -0.2) is 174 Å². The maximum absolute atomic E-state index is 12.3. The van der Waals surface area contributed by atoms with Crippen LogP contribution in [0.3, 0.4) is 0 Å². The van der Waals surface area contributed by atoms with E-state index in [4.69, 9.17) is 33.9 Å². The predicted octanol–water partition coefficient (Wildman–Crippen LogP) is 11.5. The molecular formula is C78H102F3N5O24S. The molecule has 0 spiro atoms. The van der Waals surface area contributed by atoms with Gasteiger partial charge in [0, 0.05) is 0 Å². The number of likely N-dealkylation sites (N-methyl/N-ethyl adjacent to an activating group) is 1. The summed E-state index contributed by atoms with van der Waals surface area (Å²) in [6.45, 7) is 29.8. The van der Waals surface area contributed by atoms with Crippen LogP contribution in [-0.2, 0) is 94.6 Å². The first-order valence-electron chi connectivity index (χ1n) is 34.2. The van der Waals surface area contributed by atoms with Crippen molar-refractivity contribution in [2.45, 2.75) is 201 Å². The van der Waals surface area contributed by atoms with Gasteiger partial charge in [0.25, 0.3) is 0 Å². The van der Waals surface area contributed by atoms with Gasteiger partial charge in [-0.05, 0) is 238 Å². The number of benzene rings is 5. The van der Waals surface area contributed by atoms with E-state index in [0.717, 1.165) is 34.4 Å². The molecule has 29 nitrogen and oxygen atoms in total. The topological polar surface area (TPSA) is 424 Å². The second-order valence-electron chi connectivity index (χ2n) is 28.5. The van der Waals surface area contributed by atoms with E-state index < -0.39 is 122 Å². The molecule has 0 aliphatic carbocycles. The molecule has 5 atom stereocenters. The van der Waals surface area contributed by atoms with Gasteiger partial charge >= 0.3 is 63.9 Å². The minimum atomic E-state index is -5.76. The van der Waals surface area contributed by atoms with Crippen molar-refractivity contribution in [3.63, 3.8) is 0 Å². The van der Waals surface area contributed by atoms with Gasteiger partial charge in [-0.2, -0.15) is 21.6 Å². The van der Waals surface area contributed by atoms with Gasteiger partial charge in [-0.15, -0.1) is 0 Å². The van der Waals surface area contributed by atoms with E-state index in [9.17, 15) is 84.2 Å². The van der Waals surface area contributed by atoms with Crippen molar-refractivity contribution in [1.29, 1.82) is 0 Å². The number of alkyl carbamates (subject to hydrolysis) is 4. The summed E-state index contributed by atoms with van der Waals surface area (Å²) in [4.78, 5) is 138. The zero-order valence-electron chi connectivity index (χ0n) is 65.4. The Morgan fingerprint density at radius 2 is 0.694 bits per heavy atom. The molecule has 111 heavy (non-hydrogen) atoms. The maximum atomic E-state index is 12.3. The molecule has 0 saturated carbocycles. The van der Waals surface area contributed by atoms with Crippen LogP contribution >= 0.6 is 0 Å². The van der Waals surface area contributed by atoms with Crippen LogP contribution in [0.15, 0.2) is 134 Å². The fourth-order valence-corrected chi connectivity index (χ4v) is 9.10. The van der Waals surface area contributed by atoms with Crippen molar-refractivity contribution in [1.82, 2.24) is 26.6 Å². The fourth-order valence-electron chi connectivity index (χ4n) is 8.64. The van der Waals surface area contributed by atoms with Gasteiger partial charge in [-0.25, -0.2) is 33.6 Å². The number of carbonyl (C=O) groups excluding carboxylic acids is 10. The molecule has 0 fully saturated rings. The zero-order valence-corrected chi connectivity index (χ0v) is 66.2. The van der Waals surface area contributed by atoms with Crippen LogP contribution in [0.25, 0.3) is 0 Å². The molecule has 0 saturated heterocycles. The van der Waals surface area contributed by atoms with E-state index in [1.54, 1.807) is 175 Å². The number of aromatic carboxylic acids is 1. The number of phenols is 1. The largest absolute Gasteiger partial charge is 0.534 e. The number of nitrogens with one attached hydrogen (secondary N) is 5. The number of ether oxygens (including phenoxy) is 6. The van der Waals surface area contributed by atoms with E-state index in [-0.39, 0.29) is 53.9 Å². The zero-order chi connectivity index (χ0) is 85.2. The number of ketones is 4. The Balaban J connectivity index is 0.000000697. The second-order valence-corrected chi connectivity index (χ2v) is 30.0. The van der Waals surface area contributed by atoms with Crippen molar-refractivity contribution >= 4 is 81.5 Å². The summed E-state index contributed by atoms with van der Waals surface area (Å²) in [5.74, 6) is -4.02. The highest BCUT2D eigenvalue weighted by atomic mass is 32.2. The van der Waals surface area contributed by atoms with Crippen LogP contribution in [0.2, 0.25) is 0 Å². The molecule has 0 aromatic heterocycles. The lowest BCUT2D eigenvalue weighted by atomic mass is 10.0. The van der Waals surface area contributed by atoms with Crippen molar-refractivity contribution in [2.75, 3.05) is 20.8 Å². The Morgan fingerprint density at radius 3 is 0.928 bits per heavy atom. The highest BCUT2D eigenvalue weighted by Crippen LogP contribution is 2.28. The summed E-state index contributed by atoms with van der Waals surface area (Å²) >= 11 is 0. The predicted molar refractivity (Wildman–Crippen MR) is 403 cm³/mol. The van der Waals surface area contributed by atoms with E-state index in [2.05, 4.69) is 42.1 Å². The summed E-state index contributed by atoms with van der Waals surface area (Å²) in [5, 5.41) is 39.8. The first-order valence-corrected chi connectivity index (χ1v) is 35.6. The number of hydrogen-bond acceptors (Lipinski definition) is 23. The Morgan fingerprint density at radius 1 is 0.432 bits per heavy atom. The number of alkyl halides is 3. The van der Waals surface area contributed by atoms with Crippen LogP contribution in [0.5, 0.6) is 11.5 Å². The molecule has 5 unspecified atom stereocenters. The van der Waals surface area contributed by atoms with Crippen molar-refractivity contribution < 1.29 is 127 Å². The number of carboxylic acid groups (broad SMARTS) is 2. The standard InChI is InChI=1S/C17H23NO5.C16H20F3NO6S.C16H21NO5.C15H21NO4.C14H17NO4/c1-11(19)14(18-16(21)23-17(2,3)4)10-12-6-8-13(9-7-12)15(20)22-5;1-10(21)13(20-14(22)25-15(2,3)4)9-11-5-7-12(8-6-11)26-27(23,24)16(17,18)19;1-10(18)13(17-15(21)22-16(2,3)4)9-11-5-7-12(8-6-11)14(19)20;1-10(17)13(16-14(19)20-15(2,3)4)9-11-5-7-12(18)8-6-11;1-3-8-19-14(18)11-6-4-10(5-7-11)9-12(15-2)13(16)17/h6-9,14H,10H2,1-5H3,(H,18,21);5-8,13H,9H2,1-4H3,(H,20,22);5-8,13H,9H2,1-4H3,(H,17,21)(H,19,20);5-8,13,18H,9H2,1-4H3,(H,16,19);3-7,12,15H,1,8-9H2,2H3,(H,16,17). The van der Waals surface area contributed by atoms with Gasteiger partial charge < -0.3 is 74.5 Å². The summed E-state index contributed by atoms with van der Waals surface area (Å²) < 4.78 is 92.8. The fraction of sp³-hybridized carbons (Fsp3) is 0.436. The molecule has 0 aliphatic rings. The number of phenolic OH excluding ortho intramolecular Hbond substituents is 1. The smallest absolute Gasteiger partial charge is 0.508 e. The Hall–Kier alpha value is -11.2. The van der Waals surface area contributed by atoms with Gasteiger partial charge in [0.05, 0.1) is 48.0 Å². The Labute approximate surface area is 644 Å². The number of amides is 4.